The highest BCUT2D eigenvalue weighted by atomic mass is 16.5. The first-order valence-electron chi connectivity index (χ1n) is 9.50. The molecule has 1 unspecified atom stereocenters. The monoisotopic (exact) mass is 382 g/mol. The Bertz CT molecular complexity index is 892. The second-order valence-corrected chi connectivity index (χ2v) is 7.41. The molecule has 148 valence electrons. The first kappa shape index (κ1) is 19.8. The number of Topliss-reactive ketones (excluding diaryl/α,β-unsaturated/α-hetero) is 1. The predicted octanol–water partition coefficient (Wildman–Crippen LogP) is 3.59. The fraction of sp³-hybridized carbons (Fsp3) is 0.429. The van der Waals surface area contributed by atoms with E-state index in [2.05, 4.69) is 20.6 Å². The summed E-state index contributed by atoms with van der Waals surface area (Å²) < 4.78 is 5.97. The molecule has 0 saturated heterocycles. The van der Waals surface area contributed by atoms with Crippen molar-refractivity contribution in [2.45, 2.75) is 52.6 Å². The van der Waals surface area contributed by atoms with Gasteiger partial charge in [-0.05, 0) is 51.5 Å². The summed E-state index contributed by atoms with van der Waals surface area (Å²) in [6.45, 7) is 8.19. The van der Waals surface area contributed by atoms with Gasteiger partial charge in [0.25, 0.3) is 0 Å². The second-order valence-electron chi connectivity index (χ2n) is 7.41. The van der Waals surface area contributed by atoms with Crippen molar-refractivity contribution in [2.75, 3.05) is 11.9 Å². The average Bonchev–Trinajstić information content (AvgIpc) is 2.61. The number of hydrogen-bond donors (Lipinski definition) is 2. The van der Waals surface area contributed by atoms with E-state index < -0.39 is 5.60 Å². The van der Waals surface area contributed by atoms with E-state index in [0.29, 0.717) is 42.2 Å². The third kappa shape index (κ3) is 4.65. The Morgan fingerprint density at radius 3 is 2.61 bits per heavy atom. The van der Waals surface area contributed by atoms with Gasteiger partial charge >= 0.3 is 6.03 Å². The molecule has 2 N–H and O–H groups in total. The van der Waals surface area contributed by atoms with Crippen molar-refractivity contribution >= 4 is 17.5 Å². The molecule has 0 aliphatic carbocycles. The lowest BCUT2D eigenvalue weighted by molar-refractivity contribution is 0.0499. The summed E-state index contributed by atoms with van der Waals surface area (Å²) in [6, 6.07) is 6.71. The maximum Gasteiger partial charge on any atom is 0.319 e. The summed E-state index contributed by atoms with van der Waals surface area (Å²) >= 11 is 0. The molecule has 0 fully saturated rings. The van der Waals surface area contributed by atoms with Crippen molar-refractivity contribution in [2.24, 2.45) is 0 Å². The average molecular weight is 382 g/mol. The fourth-order valence-electron chi connectivity index (χ4n) is 3.22. The Kier molecular flexibility index (Phi) is 5.63. The van der Waals surface area contributed by atoms with Crippen molar-refractivity contribution in [3.8, 4) is 5.75 Å². The standard InChI is InChI=1S/C21H26N4O3/c1-5-21(4)12-17(26)16-11-15(6-7-18(16)28-21)25-20(27)22-9-8-19-23-13(2)10-14(3)24-19/h6-7,10-11H,5,8-9,12H2,1-4H3,(H2,22,25,27). The number of fused-ring (bicyclic) bond motifs is 1. The highest BCUT2D eigenvalue weighted by molar-refractivity contribution is 6.02. The number of anilines is 1. The molecule has 2 heterocycles. The number of rotatable bonds is 5. The number of nitrogens with zero attached hydrogens (tertiary/aromatic N) is 2. The molecule has 3 rings (SSSR count). The van der Waals surface area contributed by atoms with E-state index >= 15 is 0 Å². The highest BCUT2D eigenvalue weighted by Gasteiger charge is 2.35. The lowest BCUT2D eigenvalue weighted by Gasteiger charge is -2.34. The molecule has 7 nitrogen and oxygen atoms in total. The number of nitrogens with one attached hydrogen (secondary N) is 2. The third-order valence-corrected chi connectivity index (χ3v) is 4.84. The van der Waals surface area contributed by atoms with Crippen LogP contribution in [0.15, 0.2) is 24.3 Å². The van der Waals surface area contributed by atoms with Crippen LogP contribution in [0, 0.1) is 13.8 Å². The molecule has 0 bridgehead atoms. The van der Waals surface area contributed by atoms with Crippen molar-refractivity contribution < 1.29 is 14.3 Å². The van der Waals surface area contributed by atoms with E-state index in [9.17, 15) is 9.59 Å². The van der Waals surface area contributed by atoms with Gasteiger partial charge in [0.05, 0.1) is 12.0 Å². The quantitative estimate of drug-likeness (QED) is 0.824. The largest absolute Gasteiger partial charge is 0.486 e. The summed E-state index contributed by atoms with van der Waals surface area (Å²) in [6.07, 6.45) is 1.63. The number of hydrogen-bond acceptors (Lipinski definition) is 5. The van der Waals surface area contributed by atoms with Crippen molar-refractivity contribution in [1.82, 2.24) is 15.3 Å². The molecular weight excluding hydrogens is 356 g/mol. The number of aromatic nitrogens is 2. The summed E-state index contributed by atoms with van der Waals surface area (Å²) in [4.78, 5) is 33.3. The Hall–Kier alpha value is -2.96. The SMILES string of the molecule is CCC1(C)CC(=O)c2cc(NC(=O)NCCc3nc(C)cc(C)n3)ccc2O1. The van der Waals surface area contributed by atoms with Gasteiger partial charge in [0.1, 0.15) is 17.2 Å². The molecule has 1 aromatic carbocycles. The lowest BCUT2D eigenvalue weighted by atomic mass is 9.89. The zero-order valence-electron chi connectivity index (χ0n) is 16.8. The van der Waals surface area contributed by atoms with E-state index in [0.717, 1.165) is 17.8 Å². The van der Waals surface area contributed by atoms with Crippen LogP contribution in [-0.4, -0.2) is 33.9 Å². The van der Waals surface area contributed by atoms with Crippen LogP contribution < -0.4 is 15.4 Å². The number of ether oxygens (including phenoxy) is 1. The number of benzene rings is 1. The fourth-order valence-corrected chi connectivity index (χ4v) is 3.22. The molecular formula is C21H26N4O3. The first-order valence-corrected chi connectivity index (χ1v) is 9.50. The Labute approximate surface area is 164 Å². The number of carbonyl (C=O) groups excluding carboxylic acids is 2. The van der Waals surface area contributed by atoms with Gasteiger partial charge in [-0.2, -0.15) is 0 Å². The van der Waals surface area contributed by atoms with Crippen LogP contribution in [0.2, 0.25) is 0 Å². The van der Waals surface area contributed by atoms with Gasteiger partial charge in [-0.3, -0.25) is 4.79 Å². The van der Waals surface area contributed by atoms with Crippen molar-refractivity contribution in [3.63, 3.8) is 0 Å². The Morgan fingerprint density at radius 1 is 1.21 bits per heavy atom. The maximum atomic E-state index is 12.5. The van der Waals surface area contributed by atoms with Crippen LogP contribution in [0.3, 0.4) is 0 Å². The number of ketones is 1. The minimum absolute atomic E-state index is 0.0293. The van der Waals surface area contributed by atoms with Crippen molar-refractivity contribution in [1.29, 1.82) is 0 Å². The highest BCUT2D eigenvalue weighted by Crippen LogP contribution is 2.36. The minimum atomic E-state index is -0.466. The third-order valence-electron chi connectivity index (χ3n) is 4.84. The van der Waals surface area contributed by atoms with Crippen LogP contribution in [-0.2, 0) is 6.42 Å². The minimum Gasteiger partial charge on any atom is -0.486 e. The molecule has 0 spiro atoms. The molecule has 1 aliphatic rings. The van der Waals surface area contributed by atoms with E-state index in [1.807, 2.05) is 33.8 Å². The topological polar surface area (TPSA) is 93.2 Å². The second kappa shape index (κ2) is 7.96. The van der Waals surface area contributed by atoms with Gasteiger partial charge in [0.2, 0.25) is 0 Å². The Balaban J connectivity index is 1.58. The number of carbonyl (C=O) groups is 2. The maximum absolute atomic E-state index is 12.5. The van der Waals surface area contributed by atoms with Crippen LogP contribution in [0.4, 0.5) is 10.5 Å². The summed E-state index contributed by atoms with van der Waals surface area (Å²) in [5, 5.41) is 5.54. The van der Waals surface area contributed by atoms with E-state index in [-0.39, 0.29) is 11.8 Å². The normalized spacial score (nSPS) is 18.2. The molecule has 1 aliphatic heterocycles. The van der Waals surface area contributed by atoms with Gasteiger partial charge in [0, 0.05) is 30.0 Å². The van der Waals surface area contributed by atoms with Crippen LogP contribution in [0.1, 0.15) is 54.3 Å². The Morgan fingerprint density at radius 2 is 1.93 bits per heavy atom. The first-order chi connectivity index (χ1) is 13.3. The van der Waals surface area contributed by atoms with Gasteiger partial charge in [-0.25, -0.2) is 14.8 Å². The van der Waals surface area contributed by atoms with Gasteiger partial charge in [-0.15, -0.1) is 0 Å². The van der Waals surface area contributed by atoms with Crippen LogP contribution in [0.25, 0.3) is 0 Å². The molecule has 2 amide bonds. The van der Waals surface area contributed by atoms with E-state index in [4.69, 9.17) is 4.74 Å². The van der Waals surface area contributed by atoms with Crippen molar-refractivity contribution in [3.05, 3.63) is 47.0 Å². The molecule has 7 heteroatoms. The van der Waals surface area contributed by atoms with E-state index in [1.165, 1.54) is 0 Å². The molecule has 0 radical (unpaired) electrons. The van der Waals surface area contributed by atoms with Crippen LogP contribution >= 0.6 is 0 Å². The summed E-state index contributed by atoms with van der Waals surface area (Å²) in [5.74, 6) is 1.30. The number of urea groups is 1. The molecule has 0 saturated carbocycles. The zero-order valence-corrected chi connectivity index (χ0v) is 16.8. The van der Waals surface area contributed by atoms with E-state index in [1.54, 1.807) is 18.2 Å². The molecule has 1 atom stereocenters. The zero-order chi connectivity index (χ0) is 20.3. The molecule has 1 aromatic heterocycles. The predicted molar refractivity (Wildman–Crippen MR) is 107 cm³/mol. The summed E-state index contributed by atoms with van der Waals surface area (Å²) in [7, 11) is 0. The number of aryl methyl sites for hydroxylation is 2. The van der Waals surface area contributed by atoms with Gasteiger partial charge in [0.15, 0.2) is 5.78 Å². The van der Waals surface area contributed by atoms with Gasteiger partial charge < -0.3 is 15.4 Å². The molecule has 28 heavy (non-hydrogen) atoms. The van der Waals surface area contributed by atoms with Crippen LogP contribution in [0.5, 0.6) is 5.75 Å². The molecule has 2 aromatic rings. The number of amides is 2. The lowest BCUT2D eigenvalue weighted by Crippen LogP contribution is -2.38. The smallest absolute Gasteiger partial charge is 0.319 e. The van der Waals surface area contributed by atoms with Gasteiger partial charge in [-0.1, -0.05) is 6.92 Å². The summed E-state index contributed by atoms with van der Waals surface area (Å²) in [5.41, 5.74) is 2.41.